The summed E-state index contributed by atoms with van der Waals surface area (Å²) in [4.78, 5) is 23.7. The Morgan fingerprint density at radius 3 is 1.60 bits per heavy atom. The molecule has 0 atom stereocenters. The Bertz CT molecular complexity index is 754. The van der Waals surface area contributed by atoms with Crippen LogP contribution in [0, 0.1) is 22.7 Å². The lowest BCUT2D eigenvalue weighted by Gasteiger charge is -1.99. The maximum Gasteiger partial charge on any atom is 0.185 e. The minimum absolute atomic E-state index is 0.0172. The minimum Gasteiger partial charge on any atom is -0.401 e. The normalized spacial score (nSPS) is 12.5. The average molecular weight is 395 g/mol. The predicted octanol–water partition coefficient (Wildman–Crippen LogP) is 1.37. The lowest BCUT2D eigenvalue weighted by Crippen LogP contribution is -2.10. The van der Waals surface area contributed by atoms with Gasteiger partial charge in [0.05, 0.1) is 11.5 Å². The van der Waals surface area contributed by atoms with Gasteiger partial charge in [-0.3, -0.25) is 9.59 Å². The molecule has 0 saturated carbocycles. The minimum atomic E-state index is -0.380. The molecule has 0 aliphatic heterocycles. The standard InChI is InChI=1S/C14H14N6O2S3/c1-7(17)9(3-15)11(21)5-23-13-19-20-14(25-13)24-6-12(22)10(4-16)8(2)18/h5-6,17-18H2,1-2H3. The predicted molar refractivity (Wildman–Crippen MR) is 96.4 cm³/mol. The zero-order valence-electron chi connectivity index (χ0n) is 13.4. The number of nitrogens with two attached hydrogens (primary N) is 2. The summed E-state index contributed by atoms with van der Waals surface area (Å²) in [5.74, 6) is -0.726. The fourth-order valence-electron chi connectivity index (χ4n) is 1.45. The molecule has 4 N–H and O–H groups in total. The third kappa shape index (κ3) is 6.23. The van der Waals surface area contributed by atoms with Gasteiger partial charge in [-0.1, -0.05) is 34.9 Å². The molecule has 0 saturated heterocycles. The van der Waals surface area contributed by atoms with E-state index in [4.69, 9.17) is 22.0 Å². The molecule has 0 aromatic carbocycles. The Hall–Kier alpha value is -2.34. The monoisotopic (exact) mass is 394 g/mol. The summed E-state index contributed by atoms with van der Waals surface area (Å²) in [5.41, 5.74) is 11.2. The number of thioether (sulfide) groups is 2. The van der Waals surface area contributed by atoms with Crippen LogP contribution in [0.5, 0.6) is 0 Å². The largest absolute Gasteiger partial charge is 0.401 e. The van der Waals surface area contributed by atoms with Gasteiger partial charge in [0.2, 0.25) is 0 Å². The first-order valence-corrected chi connectivity index (χ1v) is 9.47. The number of Topliss-reactive ketones (excluding diaryl/α,β-unsaturated/α-hetero) is 2. The van der Waals surface area contributed by atoms with E-state index < -0.39 is 0 Å². The first kappa shape index (κ1) is 20.7. The molecule has 1 aromatic heterocycles. The number of nitriles is 2. The van der Waals surface area contributed by atoms with Gasteiger partial charge in [-0.2, -0.15) is 10.5 Å². The van der Waals surface area contributed by atoms with E-state index >= 15 is 0 Å². The molecule has 11 heteroatoms. The number of carbonyl (C=O) groups excluding carboxylic acids is 2. The molecule has 0 unspecified atom stereocenters. The first-order valence-electron chi connectivity index (χ1n) is 6.68. The van der Waals surface area contributed by atoms with E-state index in [9.17, 15) is 9.59 Å². The lowest BCUT2D eigenvalue weighted by atomic mass is 10.2. The van der Waals surface area contributed by atoms with Crippen molar-refractivity contribution in [1.82, 2.24) is 10.2 Å². The van der Waals surface area contributed by atoms with Crippen molar-refractivity contribution in [2.75, 3.05) is 11.5 Å². The van der Waals surface area contributed by atoms with Gasteiger partial charge in [0.15, 0.2) is 20.2 Å². The smallest absolute Gasteiger partial charge is 0.185 e. The summed E-state index contributed by atoms with van der Waals surface area (Å²) >= 11 is 3.48. The molecule has 0 fully saturated rings. The van der Waals surface area contributed by atoms with Crippen molar-refractivity contribution in [2.45, 2.75) is 22.5 Å². The zero-order chi connectivity index (χ0) is 19.0. The number of hydrogen-bond donors (Lipinski definition) is 2. The Morgan fingerprint density at radius 2 is 1.32 bits per heavy atom. The summed E-state index contributed by atoms with van der Waals surface area (Å²) in [6.07, 6.45) is 0. The Labute approximate surface area is 157 Å². The molecular formula is C14H14N6O2S3. The molecule has 0 aliphatic carbocycles. The Morgan fingerprint density at radius 1 is 0.960 bits per heavy atom. The second-order valence-electron chi connectivity index (χ2n) is 4.60. The van der Waals surface area contributed by atoms with Gasteiger partial charge in [0, 0.05) is 11.4 Å². The van der Waals surface area contributed by atoms with Crippen molar-refractivity contribution in [3.63, 3.8) is 0 Å². The van der Waals surface area contributed by atoms with Crippen LogP contribution in [0.2, 0.25) is 0 Å². The molecule has 0 radical (unpaired) electrons. The highest BCUT2D eigenvalue weighted by molar-refractivity contribution is 8.03. The Balaban J connectivity index is 2.61. The molecule has 8 nitrogen and oxygen atoms in total. The van der Waals surface area contributed by atoms with Crippen LogP contribution in [0.4, 0.5) is 0 Å². The van der Waals surface area contributed by atoms with Gasteiger partial charge in [0.1, 0.15) is 23.3 Å². The number of nitrogens with zero attached hydrogens (tertiary/aromatic N) is 4. The number of carbonyl (C=O) groups is 2. The number of rotatable bonds is 8. The maximum absolute atomic E-state index is 11.9. The SMILES string of the molecule is CC(N)=C(C#N)C(=O)CSc1nnc(SCC(=O)C(C#N)=C(C)N)s1. The number of allylic oxidation sites excluding steroid dienone is 4. The average Bonchev–Trinajstić information content (AvgIpc) is 2.99. The fourth-order valence-corrected chi connectivity index (χ4v) is 4.22. The summed E-state index contributed by atoms with van der Waals surface area (Å²) in [7, 11) is 0. The maximum atomic E-state index is 11.9. The number of hydrogen-bond acceptors (Lipinski definition) is 11. The van der Waals surface area contributed by atoms with Crippen molar-refractivity contribution in [2.24, 2.45) is 11.5 Å². The van der Waals surface area contributed by atoms with Crippen molar-refractivity contribution < 1.29 is 9.59 Å². The van der Waals surface area contributed by atoms with Gasteiger partial charge >= 0.3 is 0 Å². The van der Waals surface area contributed by atoms with E-state index in [2.05, 4.69) is 10.2 Å². The van der Waals surface area contributed by atoms with Crippen LogP contribution in [0.25, 0.3) is 0 Å². The van der Waals surface area contributed by atoms with Crippen LogP contribution in [0.3, 0.4) is 0 Å². The number of aromatic nitrogens is 2. The van der Waals surface area contributed by atoms with Crippen LogP contribution in [0.1, 0.15) is 13.8 Å². The molecule has 1 aromatic rings. The van der Waals surface area contributed by atoms with Crippen LogP contribution in [-0.4, -0.2) is 33.3 Å². The van der Waals surface area contributed by atoms with E-state index in [0.717, 1.165) is 23.5 Å². The molecule has 0 amide bonds. The van der Waals surface area contributed by atoms with Crippen LogP contribution < -0.4 is 11.5 Å². The topological polar surface area (TPSA) is 160 Å². The third-order valence-electron chi connectivity index (χ3n) is 2.61. The molecular weight excluding hydrogens is 380 g/mol. The van der Waals surface area contributed by atoms with Crippen molar-refractivity contribution in [1.29, 1.82) is 10.5 Å². The second-order valence-corrected chi connectivity index (χ2v) is 8.02. The van der Waals surface area contributed by atoms with Crippen molar-refractivity contribution in [3.05, 3.63) is 22.5 Å². The number of ketones is 2. The molecule has 1 heterocycles. The third-order valence-corrected chi connectivity index (χ3v) is 5.80. The van der Waals surface area contributed by atoms with Gasteiger partial charge in [-0.15, -0.1) is 10.2 Å². The van der Waals surface area contributed by atoms with E-state index in [1.165, 1.54) is 25.2 Å². The van der Waals surface area contributed by atoms with E-state index in [1.807, 2.05) is 0 Å². The van der Waals surface area contributed by atoms with Crippen molar-refractivity contribution in [3.8, 4) is 12.1 Å². The molecule has 0 aliphatic rings. The second kappa shape index (κ2) is 9.84. The lowest BCUT2D eigenvalue weighted by molar-refractivity contribution is -0.113. The van der Waals surface area contributed by atoms with Crippen LogP contribution in [0.15, 0.2) is 31.2 Å². The highest BCUT2D eigenvalue weighted by Gasteiger charge is 2.16. The summed E-state index contributed by atoms with van der Waals surface area (Å²) in [5, 5.41) is 25.6. The van der Waals surface area contributed by atoms with Gasteiger partial charge in [0.25, 0.3) is 0 Å². The molecule has 130 valence electrons. The highest BCUT2D eigenvalue weighted by atomic mass is 32.2. The quantitative estimate of drug-likeness (QED) is 0.374. The van der Waals surface area contributed by atoms with Crippen molar-refractivity contribution >= 4 is 46.4 Å². The van der Waals surface area contributed by atoms with Crippen LogP contribution in [-0.2, 0) is 9.59 Å². The molecule has 25 heavy (non-hydrogen) atoms. The van der Waals surface area contributed by atoms with Gasteiger partial charge in [-0.25, -0.2) is 0 Å². The van der Waals surface area contributed by atoms with E-state index in [0.29, 0.717) is 8.68 Å². The first-order chi connectivity index (χ1) is 11.8. The summed E-state index contributed by atoms with van der Waals surface area (Å²) in [6, 6.07) is 3.55. The highest BCUT2D eigenvalue weighted by Crippen LogP contribution is 2.29. The zero-order valence-corrected chi connectivity index (χ0v) is 15.8. The summed E-state index contributed by atoms with van der Waals surface area (Å²) < 4.78 is 1.06. The Kier molecular flexibility index (Phi) is 8.15. The molecule has 0 spiro atoms. The fraction of sp³-hybridized carbons (Fsp3) is 0.286. The van der Waals surface area contributed by atoms with E-state index in [-0.39, 0.29) is 45.6 Å². The van der Waals surface area contributed by atoms with Gasteiger partial charge in [-0.05, 0) is 13.8 Å². The molecule has 0 bridgehead atoms. The molecule has 1 rings (SSSR count). The van der Waals surface area contributed by atoms with E-state index in [1.54, 1.807) is 12.1 Å². The van der Waals surface area contributed by atoms with Crippen LogP contribution >= 0.6 is 34.9 Å². The van der Waals surface area contributed by atoms with Gasteiger partial charge < -0.3 is 11.5 Å². The summed E-state index contributed by atoms with van der Waals surface area (Å²) in [6.45, 7) is 2.98.